The van der Waals surface area contributed by atoms with Crippen molar-refractivity contribution in [3.63, 3.8) is 0 Å². The second-order valence-corrected chi connectivity index (χ2v) is 4.94. The molecular weight excluding hydrogens is 234 g/mol. The summed E-state index contributed by atoms with van der Waals surface area (Å²) in [5, 5.41) is 3.47. The lowest BCUT2D eigenvalue weighted by Gasteiger charge is -2.09. The third-order valence-electron chi connectivity index (χ3n) is 3.44. The highest BCUT2D eigenvalue weighted by atomic mass is 15.1. The SMILES string of the molecule is CCCn1c(CNCc2ccccc2)nc(C)c1C. The van der Waals surface area contributed by atoms with E-state index < -0.39 is 0 Å². The molecule has 0 bridgehead atoms. The Labute approximate surface area is 115 Å². The van der Waals surface area contributed by atoms with Crippen molar-refractivity contribution in [1.82, 2.24) is 14.9 Å². The van der Waals surface area contributed by atoms with Crippen LogP contribution in [-0.2, 0) is 19.6 Å². The lowest BCUT2D eigenvalue weighted by Crippen LogP contribution is -2.17. The summed E-state index contributed by atoms with van der Waals surface area (Å²) in [5.74, 6) is 1.15. The van der Waals surface area contributed by atoms with Gasteiger partial charge in [0.15, 0.2) is 0 Å². The molecule has 0 saturated carbocycles. The van der Waals surface area contributed by atoms with E-state index in [1.807, 2.05) is 6.07 Å². The third-order valence-corrected chi connectivity index (χ3v) is 3.44. The molecule has 0 spiro atoms. The molecular formula is C16H23N3. The van der Waals surface area contributed by atoms with Gasteiger partial charge in [-0.25, -0.2) is 4.98 Å². The van der Waals surface area contributed by atoms with Crippen molar-refractivity contribution in [2.45, 2.75) is 46.8 Å². The van der Waals surface area contributed by atoms with Gasteiger partial charge in [0.1, 0.15) is 5.82 Å². The number of benzene rings is 1. The monoisotopic (exact) mass is 257 g/mol. The van der Waals surface area contributed by atoms with Crippen LogP contribution in [0.5, 0.6) is 0 Å². The van der Waals surface area contributed by atoms with E-state index in [0.717, 1.165) is 37.6 Å². The van der Waals surface area contributed by atoms with Crippen LogP contribution < -0.4 is 5.32 Å². The Morgan fingerprint density at radius 2 is 1.84 bits per heavy atom. The first kappa shape index (κ1) is 13.8. The third kappa shape index (κ3) is 3.44. The van der Waals surface area contributed by atoms with Gasteiger partial charge in [0.25, 0.3) is 0 Å². The van der Waals surface area contributed by atoms with Crippen LogP contribution in [0.4, 0.5) is 0 Å². The summed E-state index contributed by atoms with van der Waals surface area (Å²) in [6.07, 6.45) is 1.14. The van der Waals surface area contributed by atoms with Gasteiger partial charge in [0.2, 0.25) is 0 Å². The zero-order valence-corrected chi connectivity index (χ0v) is 12.1. The topological polar surface area (TPSA) is 29.9 Å². The van der Waals surface area contributed by atoms with Gasteiger partial charge in [0.05, 0.1) is 12.2 Å². The molecule has 0 amide bonds. The summed E-state index contributed by atoms with van der Waals surface area (Å²) in [6.45, 7) is 9.20. The number of hydrogen-bond donors (Lipinski definition) is 1. The zero-order valence-electron chi connectivity index (χ0n) is 12.1. The maximum Gasteiger partial charge on any atom is 0.123 e. The highest BCUT2D eigenvalue weighted by Gasteiger charge is 2.09. The molecule has 0 aliphatic rings. The largest absolute Gasteiger partial charge is 0.331 e. The summed E-state index contributed by atoms with van der Waals surface area (Å²) in [5.41, 5.74) is 3.74. The lowest BCUT2D eigenvalue weighted by molar-refractivity contribution is 0.580. The maximum absolute atomic E-state index is 4.66. The molecule has 1 N–H and O–H groups in total. The van der Waals surface area contributed by atoms with Gasteiger partial charge in [-0.15, -0.1) is 0 Å². The van der Waals surface area contributed by atoms with Gasteiger partial charge in [-0.3, -0.25) is 0 Å². The van der Waals surface area contributed by atoms with Gasteiger partial charge in [0, 0.05) is 18.8 Å². The van der Waals surface area contributed by atoms with Crippen molar-refractivity contribution in [1.29, 1.82) is 0 Å². The first-order valence-electron chi connectivity index (χ1n) is 6.99. The number of nitrogens with zero attached hydrogens (tertiary/aromatic N) is 2. The second-order valence-electron chi connectivity index (χ2n) is 4.94. The fraction of sp³-hybridized carbons (Fsp3) is 0.438. The molecule has 19 heavy (non-hydrogen) atoms. The van der Waals surface area contributed by atoms with E-state index in [9.17, 15) is 0 Å². The number of rotatable bonds is 6. The smallest absolute Gasteiger partial charge is 0.123 e. The predicted octanol–water partition coefficient (Wildman–Crippen LogP) is 3.20. The van der Waals surface area contributed by atoms with E-state index in [1.54, 1.807) is 0 Å². The normalized spacial score (nSPS) is 10.9. The van der Waals surface area contributed by atoms with E-state index in [-0.39, 0.29) is 0 Å². The average Bonchev–Trinajstić information content (AvgIpc) is 2.68. The van der Waals surface area contributed by atoms with E-state index in [0.29, 0.717) is 0 Å². The van der Waals surface area contributed by atoms with Crippen LogP contribution >= 0.6 is 0 Å². The van der Waals surface area contributed by atoms with E-state index in [1.165, 1.54) is 11.3 Å². The maximum atomic E-state index is 4.66. The van der Waals surface area contributed by atoms with Gasteiger partial charge in [-0.2, -0.15) is 0 Å². The van der Waals surface area contributed by atoms with Crippen molar-refractivity contribution in [2.24, 2.45) is 0 Å². The molecule has 1 aromatic heterocycles. The highest BCUT2D eigenvalue weighted by Crippen LogP contribution is 2.11. The molecule has 0 atom stereocenters. The highest BCUT2D eigenvalue weighted by molar-refractivity contribution is 5.16. The number of aryl methyl sites for hydroxylation is 1. The predicted molar refractivity (Wildman–Crippen MR) is 79.0 cm³/mol. The number of aromatic nitrogens is 2. The van der Waals surface area contributed by atoms with E-state index in [2.05, 4.69) is 59.9 Å². The lowest BCUT2D eigenvalue weighted by atomic mass is 10.2. The number of nitrogens with one attached hydrogen (secondary N) is 1. The van der Waals surface area contributed by atoms with Crippen molar-refractivity contribution in [3.8, 4) is 0 Å². The Morgan fingerprint density at radius 1 is 1.11 bits per heavy atom. The summed E-state index contributed by atoms with van der Waals surface area (Å²) in [7, 11) is 0. The number of hydrogen-bond acceptors (Lipinski definition) is 2. The molecule has 3 heteroatoms. The van der Waals surface area contributed by atoms with Crippen LogP contribution in [0.1, 0.15) is 36.1 Å². The molecule has 3 nitrogen and oxygen atoms in total. The Balaban J connectivity index is 1.97. The van der Waals surface area contributed by atoms with Crippen molar-refractivity contribution >= 4 is 0 Å². The first-order valence-corrected chi connectivity index (χ1v) is 6.99. The summed E-state index contributed by atoms with van der Waals surface area (Å²) < 4.78 is 2.33. The standard InChI is InChI=1S/C16H23N3/c1-4-10-19-14(3)13(2)18-16(19)12-17-11-15-8-6-5-7-9-15/h5-9,17H,4,10-12H2,1-3H3. The molecule has 0 aliphatic carbocycles. The minimum Gasteiger partial charge on any atom is -0.331 e. The summed E-state index contributed by atoms with van der Waals surface area (Å²) in [6, 6.07) is 10.5. The minimum absolute atomic E-state index is 0.823. The Bertz CT molecular complexity index is 514. The molecule has 0 fully saturated rings. The molecule has 0 unspecified atom stereocenters. The molecule has 0 radical (unpaired) electrons. The molecule has 1 aromatic carbocycles. The second kappa shape index (κ2) is 6.53. The molecule has 2 aromatic rings. The Hall–Kier alpha value is -1.61. The fourth-order valence-corrected chi connectivity index (χ4v) is 2.29. The van der Waals surface area contributed by atoms with Gasteiger partial charge >= 0.3 is 0 Å². The Morgan fingerprint density at radius 3 is 2.53 bits per heavy atom. The van der Waals surface area contributed by atoms with Crippen molar-refractivity contribution < 1.29 is 0 Å². The van der Waals surface area contributed by atoms with Gasteiger partial charge in [-0.05, 0) is 25.8 Å². The van der Waals surface area contributed by atoms with Crippen molar-refractivity contribution in [3.05, 3.63) is 53.1 Å². The van der Waals surface area contributed by atoms with Gasteiger partial charge in [-0.1, -0.05) is 37.3 Å². The van der Waals surface area contributed by atoms with Crippen LogP contribution in [-0.4, -0.2) is 9.55 Å². The van der Waals surface area contributed by atoms with Crippen LogP contribution in [0.25, 0.3) is 0 Å². The number of imidazole rings is 1. The molecule has 1 heterocycles. The molecule has 0 saturated heterocycles. The molecule has 2 rings (SSSR count). The van der Waals surface area contributed by atoms with Crippen LogP contribution in [0.15, 0.2) is 30.3 Å². The first-order chi connectivity index (χ1) is 9.22. The molecule has 0 aliphatic heterocycles. The van der Waals surface area contributed by atoms with E-state index in [4.69, 9.17) is 0 Å². The minimum atomic E-state index is 0.823. The fourth-order valence-electron chi connectivity index (χ4n) is 2.29. The Kier molecular flexibility index (Phi) is 4.74. The van der Waals surface area contributed by atoms with Crippen LogP contribution in [0, 0.1) is 13.8 Å². The quantitative estimate of drug-likeness (QED) is 0.861. The zero-order chi connectivity index (χ0) is 13.7. The van der Waals surface area contributed by atoms with Crippen LogP contribution in [0.2, 0.25) is 0 Å². The summed E-state index contributed by atoms with van der Waals surface area (Å²) in [4.78, 5) is 4.66. The van der Waals surface area contributed by atoms with Crippen molar-refractivity contribution in [2.75, 3.05) is 0 Å². The van der Waals surface area contributed by atoms with Crippen LogP contribution in [0.3, 0.4) is 0 Å². The van der Waals surface area contributed by atoms with E-state index >= 15 is 0 Å². The summed E-state index contributed by atoms with van der Waals surface area (Å²) >= 11 is 0. The molecule has 102 valence electrons. The average molecular weight is 257 g/mol. The van der Waals surface area contributed by atoms with Gasteiger partial charge < -0.3 is 9.88 Å².